The summed E-state index contributed by atoms with van der Waals surface area (Å²) in [5.41, 5.74) is 13.6. The number of carbonyl (C=O) groups is 6. The summed E-state index contributed by atoms with van der Waals surface area (Å²) in [5.74, 6) is -3.89. The number of rotatable bonds is 22. The van der Waals surface area contributed by atoms with Crippen molar-refractivity contribution >= 4 is 58.2 Å². The van der Waals surface area contributed by atoms with Crippen molar-refractivity contribution in [3.8, 4) is 0 Å². The number of carbonyl (C=O) groups excluding carboxylic acids is 5. The van der Waals surface area contributed by atoms with E-state index >= 15 is 0 Å². The highest BCUT2D eigenvalue weighted by Gasteiger charge is 2.32. The van der Waals surface area contributed by atoms with Gasteiger partial charge >= 0.3 is 5.97 Å². The van der Waals surface area contributed by atoms with E-state index in [4.69, 9.17) is 11.5 Å². The van der Waals surface area contributed by atoms with Crippen molar-refractivity contribution in [2.75, 3.05) is 18.6 Å². The minimum absolute atomic E-state index is 0.00459. The first-order valence-corrected chi connectivity index (χ1v) is 18.4. The number of carboxylic acids is 1. The number of aliphatic carboxylic acids is 1. The number of thioether (sulfide) groups is 1. The van der Waals surface area contributed by atoms with Crippen LogP contribution in [0.25, 0.3) is 10.9 Å². The predicted molar refractivity (Wildman–Crippen MR) is 197 cm³/mol. The number of carboxylic acid groups (broad SMARTS) is 1. The van der Waals surface area contributed by atoms with Gasteiger partial charge in [0.15, 0.2) is 0 Å². The van der Waals surface area contributed by atoms with E-state index in [9.17, 15) is 33.9 Å². The summed E-state index contributed by atoms with van der Waals surface area (Å²) >= 11 is 1.54. The zero-order chi connectivity index (χ0) is 38.2. The number of imidazole rings is 1. The van der Waals surface area contributed by atoms with E-state index in [1.807, 2.05) is 30.5 Å². The molecule has 1 aromatic carbocycles. The van der Waals surface area contributed by atoms with E-state index < -0.39 is 71.8 Å². The number of para-hydroxylation sites is 1. The number of aromatic amines is 2. The van der Waals surface area contributed by atoms with E-state index in [1.54, 1.807) is 6.20 Å². The quantitative estimate of drug-likeness (QED) is 0.0582. The van der Waals surface area contributed by atoms with Crippen molar-refractivity contribution in [1.82, 2.24) is 41.5 Å². The lowest BCUT2D eigenvalue weighted by atomic mass is 10.0. The highest BCUT2D eigenvalue weighted by molar-refractivity contribution is 7.98. The van der Waals surface area contributed by atoms with Crippen LogP contribution in [0.1, 0.15) is 50.8 Å². The molecular formula is C34H50N10O7S. The number of aromatic nitrogens is 3. The van der Waals surface area contributed by atoms with Crippen molar-refractivity contribution in [1.29, 1.82) is 0 Å². The summed E-state index contributed by atoms with van der Waals surface area (Å²) in [4.78, 5) is 88.6. The molecule has 0 saturated carbocycles. The molecule has 0 unspecified atom stereocenters. The summed E-state index contributed by atoms with van der Waals surface area (Å²) in [5, 5.41) is 23.3. The van der Waals surface area contributed by atoms with Gasteiger partial charge in [-0.2, -0.15) is 11.8 Å². The van der Waals surface area contributed by atoms with Crippen LogP contribution in [0.15, 0.2) is 43.0 Å². The van der Waals surface area contributed by atoms with Crippen molar-refractivity contribution in [2.24, 2.45) is 11.5 Å². The topological polar surface area (TPSA) is 279 Å². The van der Waals surface area contributed by atoms with Crippen LogP contribution >= 0.6 is 11.8 Å². The molecule has 52 heavy (non-hydrogen) atoms. The average molecular weight is 743 g/mol. The molecule has 0 radical (unpaired) electrons. The van der Waals surface area contributed by atoms with Gasteiger partial charge in [-0.05, 0) is 69.7 Å². The number of amides is 5. The van der Waals surface area contributed by atoms with Gasteiger partial charge in [0.2, 0.25) is 29.5 Å². The van der Waals surface area contributed by atoms with Crippen LogP contribution in [0.3, 0.4) is 0 Å². The van der Waals surface area contributed by atoms with Gasteiger partial charge in [-0.15, -0.1) is 0 Å². The molecule has 0 aliphatic heterocycles. The molecule has 17 nitrogen and oxygen atoms in total. The van der Waals surface area contributed by atoms with Gasteiger partial charge in [-0.25, -0.2) is 4.98 Å². The van der Waals surface area contributed by atoms with Gasteiger partial charge in [0.1, 0.15) is 30.2 Å². The van der Waals surface area contributed by atoms with Gasteiger partial charge in [0.05, 0.1) is 12.4 Å². The van der Waals surface area contributed by atoms with Crippen molar-refractivity contribution in [2.45, 2.75) is 88.6 Å². The molecule has 0 bridgehead atoms. The SMILES string of the molecule is CSCC[C@H](N)C(=O)N[C@@H](C)C(=O)N[C@@H](Cc1cnc[nH]1)C(=O)N[C@@H](Cc1c[nH]c2ccccc12)C(=O)N[C@@H](CCCCN)C(=O)N[C@@H](C)C(=O)O. The number of H-pyrrole nitrogens is 2. The summed E-state index contributed by atoms with van der Waals surface area (Å²) in [7, 11) is 0. The summed E-state index contributed by atoms with van der Waals surface area (Å²) < 4.78 is 0. The number of nitrogens with zero attached hydrogens (tertiary/aromatic N) is 1. The Morgan fingerprint density at radius 2 is 1.44 bits per heavy atom. The van der Waals surface area contributed by atoms with Gasteiger partial charge in [0.25, 0.3) is 0 Å². The molecule has 0 saturated heterocycles. The first kappa shape index (κ1) is 41.5. The molecule has 2 aromatic heterocycles. The molecule has 0 spiro atoms. The molecular weight excluding hydrogens is 693 g/mol. The first-order valence-electron chi connectivity index (χ1n) is 17.1. The van der Waals surface area contributed by atoms with Crippen LogP contribution in [-0.4, -0.2) is 110 Å². The summed E-state index contributed by atoms with van der Waals surface area (Å²) in [6.07, 6.45) is 8.07. The van der Waals surface area contributed by atoms with E-state index in [0.717, 1.165) is 10.9 Å². The number of hydrogen-bond acceptors (Lipinski definition) is 10. The smallest absolute Gasteiger partial charge is 0.325 e. The highest BCUT2D eigenvalue weighted by Crippen LogP contribution is 2.19. The van der Waals surface area contributed by atoms with Gasteiger partial charge in [-0.3, -0.25) is 28.8 Å². The minimum Gasteiger partial charge on any atom is -0.480 e. The number of nitrogens with two attached hydrogens (primary N) is 2. The summed E-state index contributed by atoms with van der Waals surface area (Å²) in [6, 6.07) is 0.723. The third kappa shape index (κ3) is 12.7. The monoisotopic (exact) mass is 742 g/mol. The lowest BCUT2D eigenvalue weighted by Crippen LogP contribution is -2.59. The molecule has 2 heterocycles. The predicted octanol–water partition coefficient (Wildman–Crippen LogP) is -0.566. The molecule has 5 amide bonds. The molecule has 0 aliphatic rings. The molecule has 0 fully saturated rings. The number of fused-ring (bicyclic) bond motifs is 1. The number of nitrogens with one attached hydrogen (secondary N) is 7. The molecule has 18 heteroatoms. The Kier molecular flexibility index (Phi) is 16.6. The minimum atomic E-state index is -1.25. The van der Waals surface area contributed by atoms with Crippen LogP contribution in [0.5, 0.6) is 0 Å². The van der Waals surface area contributed by atoms with Crippen LogP contribution < -0.4 is 38.1 Å². The molecule has 0 aliphatic carbocycles. The fraction of sp³-hybridized carbons (Fsp3) is 0.500. The van der Waals surface area contributed by atoms with Gasteiger partial charge in [0, 0.05) is 41.8 Å². The van der Waals surface area contributed by atoms with Crippen molar-refractivity contribution < 1.29 is 33.9 Å². The lowest BCUT2D eigenvalue weighted by molar-refractivity contribution is -0.141. The Hall–Kier alpha value is -4.94. The maximum atomic E-state index is 14.0. The van der Waals surface area contributed by atoms with Crippen molar-refractivity contribution in [3.63, 3.8) is 0 Å². The highest BCUT2D eigenvalue weighted by atomic mass is 32.2. The number of unbranched alkanes of at least 4 members (excludes halogenated alkanes) is 1. The Balaban J connectivity index is 1.88. The van der Waals surface area contributed by atoms with E-state index in [-0.39, 0.29) is 19.3 Å². The van der Waals surface area contributed by atoms with Crippen LogP contribution in [0.4, 0.5) is 0 Å². The molecule has 3 aromatic rings. The third-order valence-electron chi connectivity index (χ3n) is 8.37. The molecule has 3 rings (SSSR count). The Labute approximate surface area is 306 Å². The zero-order valence-electron chi connectivity index (χ0n) is 29.6. The Morgan fingerprint density at radius 3 is 2.10 bits per heavy atom. The average Bonchev–Trinajstić information content (AvgIpc) is 3.79. The van der Waals surface area contributed by atoms with E-state index in [0.29, 0.717) is 42.8 Å². The number of benzene rings is 1. The van der Waals surface area contributed by atoms with Crippen LogP contribution in [0, 0.1) is 0 Å². The third-order valence-corrected chi connectivity index (χ3v) is 9.02. The maximum absolute atomic E-state index is 14.0. The summed E-state index contributed by atoms with van der Waals surface area (Å²) in [6.45, 7) is 3.12. The largest absolute Gasteiger partial charge is 0.480 e. The second-order valence-electron chi connectivity index (χ2n) is 12.5. The second-order valence-corrected chi connectivity index (χ2v) is 13.5. The van der Waals surface area contributed by atoms with Gasteiger partial charge < -0.3 is 53.1 Å². The van der Waals surface area contributed by atoms with Crippen LogP contribution in [0.2, 0.25) is 0 Å². The maximum Gasteiger partial charge on any atom is 0.325 e. The first-order chi connectivity index (χ1) is 24.8. The zero-order valence-corrected chi connectivity index (χ0v) is 30.4. The Morgan fingerprint density at radius 1 is 0.808 bits per heavy atom. The second kappa shape index (κ2) is 20.8. The standard InChI is InChI=1S/C34H50N10O7S/c1-19(40-30(46)24(36)11-13-52-3)29(45)43-28(15-22-17-37-18-39-22)33(49)44-27(14-21-16-38-25-9-5-4-8-23(21)25)32(48)42-26(10-6-7-12-35)31(47)41-20(2)34(50)51/h4-5,8-9,16-20,24,26-28,38H,6-7,10-15,35-36H2,1-3H3,(H,37,39)(H,40,46)(H,41,47)(H,42,48)(H,43,45)(H,44,49)(H,50,51)/t19-,20-,24-,26-,27-,28-/m0/s1. The molecule has 6 atom stereocenters. The van der Waals surface area contributed by atoms with Crippen molar-refractivity contribution in [3.05, 3.63) is 54.2 Å². The molecule has 284 valence electrons. The van der Waals surface area contributed by atoms with Crippen LogP contribution in [-0.2, 0) is 41.6 Å². The Bertz CT molecular complexity index is 1650. The van der Waals surface area contributed by atoms with E-state index in [1.165, 1.54) is 38.1 Å². The fourth-order valence-electron chi connectivity index (χ4n) is 5.30. The van der Waals surface area contributed by atoms with Gasteiger partial charge in [-0.1, -0.05) is 18.2 Å². The molecule has 12 N–H and O–H groups in total. The lowest BCUT2D eigenvalue weighted by Gasteiger charge is -2.26. The number of hydrogen-bond donors (Lipinski definition) is 10. The normalized spacial score (nSPS) is 14.6. The van der Waals surface area contributed by atoms with E-state index in [2.05, 4.69) is 41.5 Å². The fourth-order valence-corrected chi connectivity index (χ4v) is 5.79.